The summed E-state index contributed by atoms with van der Waals surface area (Å²) >= 11 is 0. The lowest BCUT2D eigenvalue weighted by Gasteiger charge is -2.34. The largest absolute Gasteiger partial charge is 0.462 e. The first-order valence-corrected chi connectivity index (χ1v) is 8.31. The van der Waals surface area contributed by atoms with E-state index in [9.17, 15) is 14.4 Å². The molecule has 0 unspecified atom stereocenters. The maximum absolute atomic E-state index is 12.2. The van der Waals surface area contributed by atoms with Crippen molar-refractivity contribution in [3.05, 3.63) is 12.2 Å². The third-order valence-corrected chi connectivity index (χ3v) is 4.87. The monoisotopic (exact) mass is 338 g/mol. The maximum atomic E-state index is 12.2. The van der Waals surface area contributed by atoms with Gasteiger partial charge in [-0.1, -0.05) is 19.1 Å². The minimum absolute atomic E-state index is 0.0790. The molecule has 3 aliphatic rings. The average Bonchev–Trinajstić information content (AvgIpc) is 3.13. The zero-order valence-electron chi connectivity index (χ0n) is 13.8. The van der Waals surface area contributed by atoms with Crippen molar-refractivity contribution >= 4 is 17.9 Å². The van der Waals surface area contributed by atoms with Crippen LogP contribution < -0.4 is 0 Å². The zero-order valence-corrected chi connectivity index (χ0v) is 13.8. The molecule has 0 radical (unpaired) electrons. The molecule has 7 nitrogen and oxygen atoms in total. The van der Waals surface area contributed by atoms with Crippen LogP contribution in [0.15, 0.2) is 12.2 Å². The van der Waals surface area contributed by atoms with Gasteiger partial charge in [-0.25, -0.2) is 0 Å². The summed E-state index contributed by atoms with van der Waals surface area (Å²) in [7, 11) is 0. The van der Waals surface area contributed by atoms with Gasteiger partial charge in [-0.05, 0) is 12.3 Å². The molecular formula is C17H22O7. The van der Waals surface area contributed by atoms with Gasteiger partial charge in [-0.15, -0.1) is 0 Å². The highest BCUT2D eigenvalue weighted by molar-refractivity contribution is 5.97. The minimum Gasteiger partial charge on any atom is -0.462 e. The van der Waals surface area contributed by atoms with Crippen LogP contribution in [-0.4, -0.2) is 43.5 Å². The van der Waals surface area contributed by atoms with Gasteiger partial charge in [0.25, 0.3) is 0 Å². The van der Waals surface area contributed by atoms with Crippen molar-refractivity contribution in [3.63, 3.8) is 0 Å². The number of ether oxygens (including phenoxy) is 4. The second kappa shape index (κ2) is 7.03. The molecule has 2 heterocycles. The van der Waals surface area contributed by atoms with E-state index in [1.807, 2.05) is 19.1 Å². The van der Waals surface area contributed by atoms with E-state index in [2.05, 4.69) is 0 Å². The van der Waals surface area contributed by atoms with Crippen LogP contribution in [0.25, 0.3) is 0 Å². The normalized spacial score (nSPS) is 34.1. The first kappa shape index (κ1) is 17.1. The molecule has 0 aromatic heterocycles. The third kappa shape index (κ3) is 3.37. The van der Waals surface area contributed by atoms with Crippen LogP contribution in [0.3, 0.4) is 0 Å². The summed E-state index contributed by atoms with van der Waals surface area (Å²) < 4.78 is 21.1. The van der Waals surface area contributed by atoms with E-state index in [0.717, 1.165) is 0 Å². The van der Waals surface area contributed by atoms with E-state index in [-0.39, 0.29) is 18.1 Å². The lowest BCUT2D eigenvalue weighted by atomic mass is 9.70. The molecule has 0 aromatic rings. The fraction of sp³-hybridized carbons (Fsp3) is 0.706. The number of hydrogen-bond donors (Lipinski definition) is 0. The van der Waals surface area contributed by atoms with Gasteiger partial charge in [-0.2, -0.15) is 0 Å². The van der Waals surface area contributed by atoms with Gasteiger partial charge < -0.3 is 18.9 Å². The van der Waals surface area contributed by atoms with Crippen LogP contribution in [-0.2, 0) is 33.3 Å². The molecule has 1 aliphatic carbocycles. The van der Waals surface area contributed by atoms with Crippen LogP contribution in [0.4, 0.5) is 0 Å². The van der Waals surface area contributed by atoms with Crippen LogP contribution in [0.1, 0.15) is 26.7 Å². The number of carbonyl (C=O) groups is 3. The van der Waals surface area contributed by atoms with Crippen LogP contribution in [0, 0.1) is 23.7 Å². The predicted molar refractivity (Wildman–Crippen MR) is 80.4 cm³/mol. The van der Waals surface area contributed by atoms with Crippen LogP contribution in [0.2, 0.25) is 0 Å². The highest BCUT2D eigenvalue weighted by Crippen LogP contribution is 2.43. The van der Waals surface area contributed by atoms with Gasteiger partial charge in [0.1, 0.15) is 6.10 Å². The fourth-order valence-electron chi connectivity index (χ4n) is 3.78. The second-order valence-corrected chi connectivity index (χ2v) is 6.51. The Morgan fingerprint density at radius 3 is 2.54 bits per heavy atom. The number of hydrogen-bond acceptors (Lipinski definition) is 7. The van der Waals surface area contributed by atoms with Crippen molar-refractivity contribution in [2.75, 3.05) is 13.2 Å². The second-order valence-electron chi connectivity index (χ2n) is 6.51. The van der Waals surface area contributed by atoms with Crippen LogP contribution >= 0.6 is 0 Å². The number of allylic oxidation sites excluding steroid dienone is 1. The Morgan fingerprint density at radius 2 is 1.88 bits per heavy atom. The summed E-state index contributed by atoms with van der Waals surface area (Å²) in [5.74, 6) is -3.01. The fourth-order valence-corrected chi connectivity index (χ4v) is 3.78. The molecule has 0 N–H and O–H groups in total. The van der Waals surface area contributed by atoms with Gasteiger partial charge in [0.05, 0.1) is 25.0 Å². The minimum atomic E-state index is -0.604. The summed E-state index contributed by atoms with van der Waals surface area (Å²) in [5, 5.41) is 0. The van der Waals surface area contributed by atoms with E-state index < -0.39 is 35.8 Å². The van der Waals surface area contributed by atoms with Crippen molar-refractivity contribution < 1.29 is 33.3 Å². The van der Waals surface area contributed by atoms with Gasteiger partial charge in [0.15, 0.2) is 6.29 Å². The summed E-state index contributed by atoms with van der Waals surface area (Å²) in [6.45, 7) is 4.32. The Balaban J connectivity index is 1.77. The highest BCUT2D eigenvalue weighted by atomic mass is 16.7. The Bertz CT molecular complexity index is 549. The Kier molecular flexibility index (Phi) is 5.01. The van der Waals surface area contributed by atoms with Gasteiger partial charge in [0.2, 0.25) is 0 Å². The zero-order chi connectivity index (χ0) is 17.3. The number of cyclic esters (lactones) is 2. The number of rotatable bonds is 5. The van der Waals surface area contributed by atoms with Crippen LogP contribution in [0.5, 0.6) is 0 Å². The van der Waals surface area contributed by atoms with E-state index >= 15 is 0 Å². The first-order valence-electron chi connectivity index (χ1n) is 8.31. The number of esters is 3. The lowest BCUT2D eigenvalue weighted by Crippen LogP contribution is -2.40. The van der Waals surface area contributed by atoms with Gasteiger partial charge in [0, 0.05) is 19.3 Å². The van der Waals surface area contributed by atoms with Crippen molar-refractivity contribution in [1.29, 1.82) is 0 Å². The summed E-state index contributed by atoms with van der Waals surface area (Å²) in [5.41, 5.74) is 0. The lowest BCUT2D eigenvalue weighted by molar-refractivity contribution is -0.157. The van der Waals surface area contributed by atoms with Gasteiger partial charge >= 0.3 is 17.9 Å². The van der Waals surface area contributed by atoms with Crippen molar-refractivity contribution in [3.8, 4) is 0 Å². The van der Waals surface area contributed by atoms with Crippen molar-refractivity contribution in [1.82, 2.24) is 0 Å². The molecule has 0 bridgehead atoms. The third-order valence-electron chi connectivity index (χ3n) is 4.87. The quantitative estimate of drug-likeness (QED) is 0.423. The Labute approximate surface area is 140 Å². The Morgan fingerprint density at radius 1 is 1.21 bits per heavy atom. The molecule has 0 saturated carbocycles. The van der Waals surface area contributed by atoms with Crippen molar-refractivity contribution in [2.24, 2.45) is 23.7 Å². The molecule has 24 heavy (non-hydrogen) atoms. The van der Waals surface area contributed by atoms with E-state index in [4.69, 9.17) is 18.9 Å². The molecular weight excluding hydrogens is 316 g/mol. The molecule has 5 atom stereocenters. The summed E-state index contributed by atoms with van der Waals surface area (Å²) in [6.07, 6.45) is 3.96. The topological polar surface area (TPSA) is 88.1 Å². The molecule has 132 valence electrons. The smallest absolute Gasteiger partial charge is 0.318 e. The molecule has 7 heteroatoms. The number of carbonyl (C=O) groups excluding carboxylic acids is 3. The molecule has 3 rings (SSSR count). The highest BCUT2D eigenvalue weighted by Gasteiger charge is 2.53. The predicted octanol–water partition coefficient (Wildman–Crippen LogP) is 1.21. The van der Waals surface area contributed by atoms with E-state index in [1.54, 1.807) is 0 Å². The molecule has 2 aliphatic heterocycles. The maximum Gasteiger partial charge on any atom is 0.318 e. The molecule has 0 amide bonds. The SMILES string of the molecule is CC(=O)O[C@H](CCC1OCCO1)[C@H]1C=C[C@@H](C)[C@H]2C(=O)OC(=O)[C@@H]12. The van der Waals surface area contributed by atoms with Gasteiger partial charge in [-0.3, -0.25) is 14.4 Å². The average molecular weight is 338 g/mol. The number of fused-ring (bicyclic) bond motifs is 1. The van der Waals surface area contributed by atoms with E-state index in [1.165, 1.54) is 6.92 Å². The summed E-state index contributed by atoms with van der Waals surface area (Å²) in [4.78, 5) is 35.6. The van der Waals surface area contributed by atoms with E-state index in [0.29, 0.717) is 26.1 Å². The molecule has 0 aromatic carbocycles. The molecule has 2 saturated heterocycles. The first-order chi connectivity index (χ1) is 11.5. The summed E-state index contributed by atoms with van der Waals surface area (Å²) in [6, 6.07) is 0. The van der Waals surface area contributed by atoms with Crippen molar-refractivity contribution in [2.45, 2.75) is 39.1 Å². The standard InChI is InChI=1S/C17H22O7/c1-9-3-4-11(15-14(9)16(19)24-17(15)20)12(23-10(2)18)5-6-13-21-7-8-22-13/h3-4,9,11-15H,5-8H2,1-2H3/t9-,11-,12-,14-,15+/m1/s1. The Hall–Kier alpha value is -1.73. The molecule has 2 fully saturated rings. The molecule has 0 spiro atoms.